The molecule has 1 aromatic carbocycles. The van der Waals surface area contributed by atoms with E-state index >= 15 is 0 Å². The highest BCUT2D eigenvalue weighted by Gasteiger charge is 2.48. The SMILES string of the molecule is CCOc1cccc(C(=O)N2CCN(CC3CC3)[C@@H]3CS(=O)(=O)C[C@@H]32)c1. The van der Waals surface area contributed by atoms with E-state index in [1.165, 1.54) is 12.8 Å². The molecule has 3 aliphatic rings. The number of rotatable bonds is 5. The van der Waals surface area contributed by atoms with E-state index in [9.17, 15) is 13.2 Å². The molecule has 0 bridgehead atoms. The summed E-state index contributed by atoms with van der Waals surface area (Å²) in [7, 11) is -3.10. The van der Waals surface area contributed by atoms with Crippen molar-refractivity contribution in [1.29, 1.82) is 0 Å². The third-order valence-corrected chi connectivity index (χ3v) is 7.33. The van der Waals surface area contributed by atoms with E-state index in [0.29, 0.717) is 30.4 Å². The summed E-state index contributed by atoms with van der Waals surface area (Å²) in [5.41, 5.74) is 0.564. The molecule has 0 radical (unpaired) electrons. The fourth-order valence-corrected chi connectivity index (χ4v) is 6.20. The van der Waals surface area contributed by atoms with Gasteiger partial charge in [-0.2, -0.15) is 0 Å². The van der Waals surface area contributed by atoms with E-state index in [1.54, 1.807) is 17.0 Å². The molecular formula is C19H26N2O4S. The topological polar surface area (TPSA) is 66.9 Å². The van der Waals surface area contributed by atoms with Gasteiger partial charge in [0.1, 0.15) is 5.75 Å². The second-order valence-corrected chi connectivity index (χ2v) is 9.76. The zero-order valence-corrected chi connectivity index (χ0v) is 16.0. The lowest BCUT2D eigenvalue weighted by Crippen LogP contribution is -2.60. The van der Waals surface area contributed by atoms with E-state index in [0.717, 1.165) is 13.1 Å². The Morgan fingerprint density at radius 1 is 1.19 bits per heavy atom. The molecule has 1 aromatic rings. The quantitative estimate of drug-likeness (QED) is 0.775. The van der Waals surface area contributed by atoms with Gasteiger partial charge in [-0.1, -0.05) is 6.07 Å². The fourth-order valence-electron chi connectivity index (χ4n) is 4.19. The van der Waals surface area contributed by atoms with Crippen molar-refractivity contribution in [3.63, 3.8) is 0 Å². The first kappa shape index (κ1) is 17.8. The zero-order chi connectivity index (χ0) is 18.3. The van der Waals surface area contributed by atoms with Crippen LogP contribution in [0.4, 0.5) is 0 Å². The molecule has 0 spiro atoms. The van der Waals surface area contributed by atoms with Gasteiger partial charge in [-0.15, -0.1) is 0 Å². The van der Waals surface area contributed by atoms with E-state index in [1.807, 2.05) is 19.1 Å². The van der Waals surface area contributed by atoms with Crippen LogP contribution in [0.1, 0.15) is 30.1 Å². The number of piperazine rings is 1. The molecular weight excluding hydrogens is 352 g/mol. The van der Waals surface area contributed by atoms with Crippen molar-refractivity contribution in [1.82, 2.24) is 9.80 Å². The number of nitrogens with zero attached hydrogens (tertiary/aromatic N) is 2. The Hall–Kier alpha value is -1.60. The molecule has 4 rings (SSSR count). The lowest BCUT2D eigenvalue weighted by Gasteiger charge is -2.44. The highest BCUT2D eigenvalue weighted by molar-refractivity contribution is 7.91. The summed E-state index contributed by atoms with van der Waals surface area (Å²) in [6, 6.07) is 6.87. The maximum Gasteiger partial charge on any atom is 0.254 e. The lowest BCUT2D eigenvalue weighted by atomic mass is 10.0. The van der Waals surface area contributed by atoms with Crippen LogP contribution in [0.25, 0.3) is 0 Å². The van der Waals surface area contributed by atoms with Gasteiger partial charge in [0.15, 0.2) is 9.84 Å². The summed E-state index contributed by atoms with van der Waals surface area (Å²) in [5.74, 6) is 1.54. The molecule has 6 nitrogen and oxygen atoms in total. The highest BCUT2D eigenvalue weighted by Crippen LogP contribution is 2.34. The molecule has 0 N–H and O–H groups in total. The number of benzene rings is 1. The highest BCUT2D eigenvalue weighted by atomic mass is 32.2. The Morgan fingerprint density at radius 2 is 1.96 bits per heavy atom. The molecule has 142 valence electrons. The van der Waals surface area contributed by atoms with Crippen LogP contribution in [-0.4, -0.2) is 74.0 Å². The molecule has 0 aromatic heterocycles. The Morgan fingerprint density at radius 3 is 2.69 bits per heavy atom. The van der Waals surface area contributed by atoms with Gasteiger partial charge in [0.2, 0.25) is 0 Å². The van der Waals surface area contributed by atoms with Gasteiger partial charge in [0, 0.05) is 31.2 Å². The summed E-state index contributed by atoms with van der Waals surface area (Å²) < 4.78 is 30.1. The number of fused-ring (bicyclic) bond motifs is 1. The Labute approximate surface area is 155 Å². The van der Waals surface area contributed by atoms with Gasteiger partial charge in [0.05, 0.1) is 24.2 Å². The van der Waals surface area contributed by atoms with Crippen LogP contribution >= 0.6 is 0 Å². The number of hydrogen-bond donors (Lipinski definition) is 0. The third kappa shape index (κ3) is 3.60. The van der Waals surface area contributed by atoms with Gasteiger partial charge in [-0.3, -0.25) is 9.69 Å². The standard InChI is InChI=1S/C19H26N2O4S/c1-2-25-16-5-3-4-15(10-16)19(22)21-9-8-20(11-14-6-7-14)17-12-26(23,24)13-18(17)21/h3-5,10,14,17-18H,2,6-9,11-13H2,1H3/t17-,18+/m1/s1. The average Bonchev–Trinajstić information content (AvgIpc) is 3.35. The molecule has 2 heterocycles. The smallest absolute Gasteiger partial charge is 0.254 e. The molecule has 1 aliphatic carbocycles. The Kier molecular flexibility index (Phi) is 4.69. The lowest BCUT2D eigenvalue weighted by molar-refractivity contribution is 0.0318. The summed E-state index contributed by atoms with van der Waals surface area (Å²) in [6.07, 6.45) is 2.49. The summed E-state index contributed by atoms with van der Waals surface area (Å²) in [5, 5.41) is 0. The van der Waals surface area contributed by atoms with Crippen LogP contribution in [0, 0.1) is 5.92 Å². The van der Waals surface area contributed by atoms with Crippen molar-refractivity contribution in [2.24, 2.45) is 5.92 Å². The summed E-state index contributed by atoms with van der Waals surface area (Å²) in [6.45, 7) is 4.76. The Bertz CT molecular complexity index is 790. The van der Waals surface area contributed by atoms with Gasteiger partial charge in [-0.05, 0) is 43.9 Å². The van der Waals surface area contributed by atoms with Crippen LogP contribution in [0.15, 0.2) is 24.3 Å². The minimum atomic E-state index is -3.10. The van der Waals surface area contributed by atoms with Gasteiger partial charge >= 0.3 is 0 Å². The molecule has 3 fully saturated rings. The second-order valence-electron chi connectivity index (χ2n) is 7.61. The van der Waals surface area contributed by atoms with Crippen LogP contribution in [0.2, 0.25) is 0 Å². The molecule has 1 saturated carbocycles. The van der Waals surface area contributed by atoms with Gasteiger partial charge < -0.3 is 9.64 Å². The van der Waals surface area contributed by atoms with E-state index in [2.05, 4.69) is 4.90 Å². The minimum Gasteiger partial charge on any atom is -0.494 e. The predicted molar refractivity (Wildman–Crippen MR) is 99.2 cm³/mol. The normalized spacial score (nSPS) is 28.0. The summed E-state index contributed by atoms with van der Waals surface area (Å²) in [4.78, 5) is 17.2. The minimum absolute atomic E-state index is 0.0617. The van der Waals surface area contributed by atoms with Crippen molar-refractivity contribution in [2.45, 2.75) is 31.8 Å². The van der Waals surface area contributed by atoms with Gasteiger partial charge in [-0.25, -0.2) is 8.42 Å². The predicted octanol–water partition coefficient (Wildman–Crippen LogP) is 1.42. The molecule has 2 saturated heterocycles. The number of ether oxygens (including phenoxy) is 1. The first-order valence-corrected chi connectivity index (χ1v) is 11.3. The molecule has 1 amide bonds. The Balaban J connectivity index is 1.56. The van der Waals surface area contributed by atoms with Crippen molar-refractivity contribution >= 4 is 15.7 Å². The maximum atomic E-state index is 13.1. The number of carbonyl (C=O) groups is 1. The zero-order valence-electron chi connectivity index (χ0n) is 15.1. The molecule has 7 heteroatoms. The van der Waals surface area contributed by atoms with E-state index in [4.69, 9.17) is 4.74 Å². The van der Waals surface area contributed by atoms with Crippen LogP contribution in [-0.2, 0) is 9.84 Å². The first-order valence-electron chi connectivity index (χ1n) is 9.45. The van der Waals surface area contributed by atoms with E-state index < -0.39 is 9.84 Å². The van der Waals surface area contributed by atoms with Crippen LogP contribution < -0.4 is 4.74 Å². The van der Waals surface area contributed by atoms with Crippen molar-refractivity contribution in [2.75, 3.05) is 37.7 Å². The van der Waals surface area contributed by atoms with Crippen LogP contribution in [0.3, 0.4) is 0 Å². The number of amides is 1. The van der Waals surface area contributed by atoms with Crippen molar-refractivity contribution < 1.29 is 17.9 Å². The van der Waals surface area contributed by atoms with Crippen LogP contribution in [0.5, 0.6) is 5.75 Å². The molecule has 2 atom stereocenters. The molecule has 2 aliphatic heterocycles. The summed E-state index contributed by atoms with van der Waals surface area (Å²) >= 11 is 0. The average molecular weight is 378 g/mol. The second kappa shape index (κ2) is 6.85. The number of sulfone groups is 1. The van der Waals surface area contributed by atoms with Gasteiger partial charge in [0.25, 0.3) is 5.91 Å². The monoisotopic (exact) mass is 378 g/mol. The van der Waals surface area contributed by atoms with Crippen molar-refractivity contribution in [3.8, 4) is 5.75 Å². The maximum absolute atomic E-state index is 13.1. The molecule has 0 unspecified atom stereocenters. The van der Waals surface area contributed by atoms with Crippen molar-refractivity contribution in [3.05, 3.63) is 29.8 Å². The number of carbonyl (C=O) groups excluding carboxylic acids is 1. The third-order valence-electron chi connectivity index (χ3n) is 5.63. The molecule has 26 heavy (non-hydrogen) atoms. The number of hydrogen-bond acceptors (Lipinski definition) is 5. The fraction of sp³-hybridized carbons (Fsp3) is 0.632. The largest absolute Gasteiger partial charge is 0.494 e. The van der Waals surface area contributed by atoms with E-state index in [-0.39, 0.29) is 29.5 Å². The first-order chi connectivity index (χ1) is 12.5.